The highest BCUT2D eigenvalue weighted by atomic mass is 32.1. The largest absolute Gasteiger partial charge is 0.281 e. The Morgan fingerprint density at radius 1 is 0.963 bits per heavy atom. The van der Waals surface area contributed by atoms with Crippen LogP contribution < -0.4 is 5.43 Å². The number of hydrogen-bond donors (Lipinski definition) is 1. The Labute approximate surface area is 163 Å². The quantitative estimate of drug-likeness (QED) is 0.479. The van der Waals surface area contributed by atoms with E-state index in [0.717, 1.165) is 29.0 Å². The van der Waals surface area contributed by atoms with E-state index in [4.69, 9.17) is 0 Å². The molecule has 3 aromatic rings. The van der Waals surface area contributed by atoms with Gasteiger partial charge in [0.15, 0.2) is 0 Å². The first-order valence-corrected chi connectivity index (χ1v) is 10.1. The number of thiophene rings is 1. The highest BCUT2D eigenvalue weighted by molar-refractivity contribution is 7.14. The molecule has 0 unspecified atom stereocenters. The lowest BCUT2D eigenvalue weighted by atomic mass is 9.99. The van der Waals surface area contributed by atoms with Crippen molar-refractivity contribution in [1.29, 1.82) is 0 Å². The first-order valence-electron chi connectivity index (χ1n) is 9.33. The molecule has 0 saturated carbocycles. The fraction of sp³-hybridized carbons (Fsp3) is 0.217. The van der Waals surface area contributed by atoms with E-state index in [1.165, 1.54) is 34.4 Å². The summed E-state index contributed by atoms with van der Waals surface area (Å²) in [5.74, 6) is -0.116. The van der Waals surface area contributed by atoms with Gasteiger partial charge in [0.05, 0.1) is 10.6 Å². The summed E-state index contributed by atoms with van der Waals surface area (Å²) >= 11 is 1.61. The summed E-state index contributed by atoms with van der Waals surface area (Å²) in [7, 11) is 0. The van der Waals surface area contributed by atoms with Gasteiger partial charge in [0, 0.05) is 4.88 Å². The van der Waals surface area contributed by atoms with Gasteiger partial charge in [-0.2, -0.15) is 5.10 Å². The topological polar surface area (TPSA) is 41.5 Å². The normalized spacial score (nSPS) is 13.9. The molecule has 0 fully saturated rings. The number of aryl methyl sites for hydroxylation is 2. The van der Waals surface area contributed by atoms with Crippen LogP contribution in [0.2, 0.25) is 0 Å². The number of carbonyl (C=O) groups excluding carboxylic acids is 1. The molecule has 4 rings (SSSR count). The lowest BCUT2D eigenvalue weighted by molar-refractivity contribution is 0.0959. The minimum absolute atomic E-state index is 0.116. The fourth-order valence-electron chi connectivity index (χ4n) is 3.39. The van der Waals surface area contributed by atoms with Crippen molar-refractivity contribution < 1.29 is 4.79 Å². The molecule has 1 aliphatic rings. The van der Waals surface area contributed by atoms with Gasteiger partial charge in [-0.3, -0.25) is 4.79 Å². The van der Waals surface area contributed by atoms with Crippen molar-refractivity contribution >= 4 is 23.0 Å². The molecule has 1 aliphatic carbocycles. The summed E-state index contributed by atoms with van der Waals surface area (Å²) in [6.07, 6.45) is 4.64. The molecule has 1 N–H and O–H groups in total. The Morgan fingerprint density at radius 3 is 2.41 bits per heavy atom. The average molecular weight is 375 g/mol. The van der Waals surface area contributed by atoms with Crippen molar-refractivity contribution in [2.24, 2.45) is 5.10 Å². The van der Waals surface area contributed by atoms with E-state index in [1.807, 2.05) is 43.3 Å². The molecule has 0 radical (unpaired) electrons. The standard InChI is InChI=1S/C23H22N2OS/c1-16(17-11-13-19(14-12-17)18-7-3-2-4-8-18)24-25-23(26)22-15-20-9-5-6-10-21(20)27-22/h2-4,7-8,11-15H,5-6,9-10H2,1H3,(H,25,26). The Morgan fingerprint density at radius 2 is 1.67 bits per heavy atom. The van der Waals surface area contributed by atoms with Crippen LogP contribution in [-0.4, -0.2) is 11.6 Å². The lowest BCUT2D eigenvalue weighted by Crippen LogP contribution is -2.18. The summed E-state index contributed by atoms with van der Waals surface area (Å²) in [5, 5.41) is 4.30. The number of hydrazone groups is 1. The minimum Gasteiger partial charge on any atom is -0.266 e. The SMILES string of the molecule is CC(=NNC(=O)c1cc2c(s1)CCCC2)c1ccc(-c2ccccc2)cc1. The summed E-state index contributed by atoms with van der Waals surface area (Å²) in [5.41, 5.74) is 8.20. The molecule has 0 saturated heterocycles. The molecule has 3 nitrogen and oxygen atoms in total. The second kappa shape index (κ2) is 7.89. The summed E-state index contributed by atoms with van der Waals surface area (Å²) in [6, 6.07) is 20.6. The smallest absolute Gasteiger partial charge is 0.266 e. The van der Waals surface area contributed by atoms with Crippen LogP contribution in [0.15, 0.2) is 65.8 Å². The maximum absolute atomic E-state index is 12.4. The predicted molar refractivity (Wildman–Crippen MR) is 113 cm³/mol. The van der Waals surface area contributed by atoms with Crippen molar-refractivity contribution in [2.75, 3.05) is 0 Å². The number of benzene rings is 2. The van der Waals surface area contributed by atoms with Gasteiger partial charge in [-0.25, -0.2) is 5.43 Å². The molecular formula is C23H22N2OS. The Kier molecular flexibility index (Phi) is 5.16. The molecule has 2 aromatic carbocycles. The maximum Gasteiger partial charge on any atom is 0.281 e. The fourth-order valence-corrected chi connectivity index (χ4v) is 4.53. The molecule has 0 bridgehead atoms. The molecule has 1 amide bonds. The molecule has 0 aliphatic heterocycles. The van der Waals surface area contributed by atoms with Crippen molar-refractivity contribution in [2.45, 2.75) is 32.6 Å². The molecule has 1 heterocycles. The zero-order valence-electron chi connectivity index (χ0n) is 15.4. The van der Waals surface area contributed by atoms with E-state index in [0.29, 0.717) is 0 Å². The Balaban J connectivity index is 1.44. The monoisotopic (exact) mass is 374 g/mol. The predicted octanol–water partition coefficient (Wildman–Crippen LogP) is 5.45. The van der Waals surface area contributed by atoms with Gasteiger partial charge < -0.3 is 0 Å². The molecule has 136 valence electrons. The van der Waals surface area contributed by atoms with Crippen molar-refractivity contribution in [3.63, 3.8) is 0 Å². The third kappa shape index (κ3) is 4.01. The van der Waals surface area contributed by atoms with Crippen LogP contribution in [-0.2, 0) is 12.8 Å². The first-order chi connectivity index (χ1) is 13.2. The Bertz CT molecular complexity index is 948. The third-order valence-corrected chi connectivity index (χ3v) is 6.19. The summed E-state index contributed by atoms with van der Waals surface area (Å²) < 4.78 is 0. The molecule has 4 heteroatoms. The number of fused-ring (bicyclic) bond motifs is 1. The van der Waals surface area contributed by atoms with Crippen LogP contribution in [0.3, 0.4) is 0 Å². The van der Waals surface area contributed by atoms with Gasteiger partial charge in [-0.05, 0) is 60.9 Å². The van der Waals surface area contributed by atoms with Crippen LogP contribution in [0.1, 0.15) is 45.4 Å². The maximum atomic E-state index is 12.4. The average Bonchev–Trinajstić information content (AvgIpc) is 3.17. The van der Waals surface area contributed by atoms with Crippen molar-refractivity contribution in [1.82, 2.24) is 5.43 Å². The van der Waals surface area contributed by atoms with E-state index < -0.39 is 0 Å². The number of carbonyl (C=O) groups is 1. The van der Waals surface area contributed by atoms with E-state index in [-0.39, 0.29) is 5.91 Å². The number of hydrogen-bond acceptors (Lipinski definition) is 3. The molecule has 27 heavy (non-hydrogen) atoms. The van der Waals surface area contributed by atoms with Gasteiger partial charge in [0.2, 0.25) is 0 Å². The van der Waals surface area contributed by atoms with Crippen LogP contribution in [0, 0.1) is 0 Å². The van der Waals surface area contributed by atoms with Gasteiger partial charge in [0.1, 0.15) is 0 Å². The molecule has 0 spiro atoms. The van der Waals surface area contributed by atoms with Gasteiger partial charge in [-0.1, -0.05) is 54.6 Å². The van der Waals surface area contributed by atoms with E-state index in [1.54, 1.807) is 11.3 Å². The van der Waals surface area contributed by atoms with E-state index in [9.17, 15) is 4.79 Å². The first kappa shape index (κ1) is 17.7. The van der Waals surface area contributed by atoms with Gasteiger partial charge in [0.25, 0.3) is 5.91 Å². The van der Waals surface area contributed by atoms with Crippen LogP contribution in [0.5, 0.6) is 0 Å². The van der Waals surface area contributed by atoms with Crippen LogP contribution in [0.4, 0.5) is 0 Å². The van der Waals surface area contributed by atoms with E-state index >= 15 is 0 Å². The number of amides is 1. The number of rotatable bonds is 4. The Hall–Kier alpha value is -2.72. The van der Waals surface area contributed by atoms with Crippen molar-refractivity contribution in [3.8, 4) is 11.1 Å². The van der Waals surface area contributed by atoms with Crippen LogP contribution >= 0.6 is 11.3 Å². The molecular weight excluding hydrogens is 352 g/mol. The summed E-state index contributed by atoms with van der Waals surface area (Å²) in [4.78, 5) is 14.6. The number of nitrogens with zero attached hydrogens (tertiary/aromatic N) is 1. The van der Waals surface area contributed by atoms with Gasteiger partial charge in [-0.15, -0.1) is 11.3 Å². The zero-order valence-corrected chi connectivity index (χ0v) is 16.2. The zero-order chi connectivity index (χ0) is 18.6. The van der Waals surface area contributed by atoms with Crippen LogP contribution in [0.25, 0.3) is 11.1 Å². The molecule has 0 atom stereocenters. The highest BCUT2D eigenvalue weighted by Crippen LogP contribution is 2.29. The second-order valence-electron chi connectivity index (χ2n) is 6.85. The molecule has 1 aromatic heterocycles. The third-order valence-electron chi connectivity index (χ3n) is 4.96. The van der Waals surface area contributed by atoms with Crippen molar-refractivity contribution in [3.05, 3.63) is 81.5 Å². The minimum atomic E-state index is -0.116. The summed E-state index contributed by atoms with van der Waals surface area (Å²) in [6.45, 7) is 1.91. The van der Waals surface area contributed by atoms with Gasteiger partial charge >= 0.3 is 0 Å². The highest BCUT2D eigenvalue weighted by Gasteiger charge is 2.17. The lowest BCUT2D eigenvalue weighted by Gasteiger charge is -2.08. The van der Waals surface area contributed by atoms with E-state index in [2.05, 4.69) is 34.8 Å². The second-order valence-corrected chi connectivity index (χ2v) is 7.98. The number of nitrogens with one attached hydrogen (secondary N) is 1.